The number of nitro groups is 1. The Morgan fingerprint density at radius 3 is 2.57 bits per heavy atom. The lowest BCUT2D eigenvalue weighted by Crippen LogP contribution is -2.18. The van der Waals surface area contributed by atoms with Crippen molar-refractivity contribution in [3.05, 3.63) is 72.7 Å². The molecule has 0 bridgehead atoms. The fourth-order valence-electron chi connectivity index (χ4n) is 1.64. The normalized spacial score (nSPS) is 10.7. The number of hydrogen-bond donors (Lipinski definition) is 1. The predicted molar refractivity (Wildman–Crippen MR) is 89.6 cm³/mol. The lowest BCUT2D eigenvalue weighted by Gasteiger charge is -2.03. The van der Waals surface area contributed by atoms with E-state index < -0.39 is 10.8 Å². The van der Waals surface area contributed by atoms with Crippen LogP contribution in [0, 0.1) is 10.1 Å². The Labute approximate surface area is 145 Å². The first-order valence-corrected chi connectivity index (χ1v) is 7.25. The van der Waals surface area contributed by atoms with E-state index in [1.54, 1.807) is 18.2 Å². The van der Waals surface area contributed by atoms with Gasteiger partial charge in [0, 0.05) is 17.7 Å². The van der Waals surface area contributed by atoms with Crippen molar-refractivity contribution in [1.82, 2.24) is 5.43 Å². The summed E-state index contributed by atoms with van der Waals surface area (Å²) in [5.41, 5.74) is 2.63. The largest absolute Gasteiger partial charge is 0.272 e. The summed E-state index contributed by atoms with van der Waals surface area (Å²) in [6.45, 7) is 0. The molecule has 0 spiro atoms. The maximum atomic E-state index is 12.0. The maximum absolute atomic E-state index is 12.0. The van der Waals surface area contributed by atoms with E-state index in [2.05, 4.69) is 10.5 Å². The minimum Gasteiger partial charge on any atom is -0.267 e. The molecule has 1 N–H and O–H groups in total. The van der Waals surface area contributed by atoms with Crippen molar-refractivity contribution in [2.75, 3.05) is 0 Å². The highest BCUT2D eigenvalue weighted by Gasteiger charge is 2.14. The number of hydrazone groups is 1. The molecule has 2 rings (SSSR count). The number of carbonyl (C=O) groups is 1. The van der Waals surface area contributed by atoms with Gasteiger partial charge in [-0.3, -0.25) is 14.9 Å². The van der Waals surface area contributed by atoms with Crippen LogP contribution in [0.5, 0.6) is 0 Å². The molecule has 23 heavy (non-hydrogen) atoms. The summed E-state index contributed by atoms with van der Waals surface area (Å²) in [5.74, 6) is -0.612. The van der Waals surface area contributed by atoms with Crippen LogP contribution in [0.1, 0.15) is 15.9 Å². The molecule has 0 radical (unpaired) electrons. The number of nitrogens with zero attached hydrogens (tertiary/aromatic N) is 2. The summed E-state index contributed by atoms with van der Waals surface area (Å²) in [4.78, 5) is 22.0. The first kappa shape index (κ1) is 17.2. The zero-order valence-electron chi connectivity index (χ0n) is 11.3. The van der Waals surface area contributed by atoms with Gasteiger partial charge in [-0.15, -0.1) is 0 Å². The molecule has 0 aliphatic rings. The molecule has 0 atom stereocenters. The van der Waals surface area contributed by atoms with Gasteiger partial charge in [0.25, 0.3) is 11.6 Å². The van der Waals surface area contributed by atoms with Gasteiger partial charge >= 0.3 is 0 Å². The van der Waals surface area contributed by atoms with Crippen LogP contribution in [0.2, 0.25) is 15.1 Å². The number of nitro benzene ring substituents is 1. The minimum atomic E-state index is -0.612. The Hall–Kier alpha value is -2.15. The zero-order chi connectivity index (χ0) is 17.0. The molecule has 0 aliphatic heterocycles. The molecule has 0 aliphatic carbocycles. The summed E-state index contributed by atoms with van der Waals surface area (Å²) in [6, 6.07) is 8.49. The van der Waals surface area contributed by atoms with Crippen molar-refractivity contribution in [3.8, 4) is 0 Å². The van der Waals surface area contributed by atoms with Gasteiger partial charge in [0.05, 0.1) is 31.8 Å². The predicted octanol–water partition coefficient (Wildman–Crippen LogP) is 4.32. The molecular weight excluding hydrogens is 365 g/mol. The topological polar surface area (TPSA) is 84.6 Å². The summed E-state index contributed by atoms with van der Waals surface area (Å²) in [5, 5.41) is 15.0. The number of carbonyl (C=O) groups excluding carboxylic acids is 1. The highest BCUT2D eigenvalue weighted by Crippen LogP contribution is 2.24. The Morgan fingerprint density at radius 2 is 1.91 bits per heavy atom. The fraction of sp³-hybridized carbons (Fsp3) is 0. The molecule has 9 heteroatoms. The van der Waals surface area contributed by atoms with Crippen molar-refractivity contribution >= 4 is 52.6 Å². The van der Waals surface area contributed by atoms with Crippen LogP contribution in [0.15, 0.2) is 41.5 Å². The summed E-state index contributed by atoms with van der Waals surface area (Å²) in [6.07, 6.45) is 1.32. The third-order valence-corrected chi connectivity index (χ3v) is 3.91. The summed E-state index contributed by atoms with van der Waals surface area (Å²) >= 11 is 17.7. The standard InChI is InChI=1S/C14H8Cl3N3O3/c15-11-3-1-2-8(13(11)17)7-18-19-14(21)10-5-4-9(20(22)23)6-12(10)16/h1-7H,(H,19,21). The van der Waals surface area contributed by atoms with Crippen LogP contribution >= 0.6 is 34.8 Å². The van der Waals surface area contributed by atoms with Crippen molar-refractivity contribution in [2.45, 2.75) is 0 Å². The molecule has 2 aromatic rings. The second-order valence-corrected chi connectivity index (χ2v) is 5.46. The monoisotopic (exact) mass is 371 g/mol. The molecule has 6 nitrogen and oxygen atoms in total. The van der Waals surface area contributed by atoms with E-state index in [1.807, 2.05) is 0 Å². The highest BCUT2D eigenvalue weighted by atomic mass is 35.5. The third-order valence-electron chi connectivity index (χ3n) is 2.76. The van der Waals surface area contributed by atoms with Crippen LogP contribution in [-0.4, -0.2) is 17.0 Å². The Bertz CT molecular complexity index is 809. The van der Waals surface area contributed by atoms with Crippen LogP contribution in [0.3, 0.4) is 0 Å². The smallest absolute Gasteiger partial charge is 0.267 e. The minimum absolute atomic E-state index is 0.0484. The van der Waals surface area contributed by atoms with Gasteiger partial charge in [-0.05, 0) is 12.1 Å². The zero-order valence-corrected chi connectivity index (χ0v) is 13.6. The molecule has 2 aromatic carbocycles. The van der Waals surface area contributed by atoms with Gasteiger partial charge in [0.1, 0.15) is 0 Å². The van der Waals surface area contributed by atoms with Crippen molar-refractivity contribution in [3.63, 3.8) is 0 Å². The lowest BCUT2D eigenvalue weighted by atomic mass is 10.2. The average Bonchev–Trinajstić information content (AvgIpc) is 2.51. The van der Waals surface area contributed by atoms with E-state index in [9.17, 15) is 14.9 Å². The SMILES string of the molecule is O=C(NN=Cc1cccc(Cl)c1Cl)c1ccc([N+](=O)[O-])cc1Cl. The number of non-ortho nitro benzene ring substituents is 1. The molecule has 0 saturated carbocycles. The first-order valence-electron chi connectivity index (χ1n) is 6.11. The molecule has 0 unspecified atom stereocenters. The van der Waals surface area contributed by atoms with E-state index in [0.717, 1.165) is 6.07 Å². The van der Waals surface area contributed by atoms with Crippen LogP contribution in [0.25, 0.3) is 0 Å². The molecule has 0 saturated heterocycles. The molecular formula is C14H8Cl3N3O3. The molecule has 0 heterocycles. The second-order valence-electron chi connectivity index (χ2n) is 4.26. The Morgan fingerprint density at radius 1 is 1.17 bits per heavy atom. The first-order chi connectivity index (χ1) is 10.9. The molecule has 0 fully saturated rings. The van der Waals surface area contributed by atoms with Gasteiger partial charge < -0.3 is 0 Å². The van der Waals surface area contributed by atoms with E-state index in [4.69, 9.17) is 34.8 Å². The number of hydrogen-bond acceptors (Lipinski definition) is 4. The van der Waals surface area contributed by atoms with E-state index >= 15 is 0 Å². The van der Waals surface area contributed by atoms with Crippen molar-refractivity contribution in [2.24, 2.45) is 5.10 Å². The summed E-state index contributed by atoms with van der Waals surface area (Å²) < 4.78 is 0. The lowest BCUT2D eigenvalue weighted by molar-refractivity contribution is -0.384. The number of benzene rings is 2. The summed E-state index contributed by atoms with van der Waals surface area (Å²) in [7, 11) is 0. The van der Waals surface area contributed by atoms with Crippen molar-refractivity contribution in [1.29, 1.82) is 0 Å². The van der Waals surface area contributed by atoms with Crippen molar-refractivity contribution < 1.29 is 9.72 Å². The maximum Gasteiger partial charge on any atom is 0.272 e. The highest BCUT2D eigenvalue weighted by molar-refractivity contribution is 6.43. The van der Waals surface area contributed by atoms with Gasteiger partial charge in [0.15, 0.2) is 0 Å². The quantitative estimate of drug-likeness (QED) is 0.493. The van der Waals surface area contributed by atoms with Gasteiger partial charge in [-0.1, -0.05) is 46.9 Å². The average molecular weight is 373 g/mol. The van der Waals surface area contributed by atoms with Crippen LogP contribution < -0.4 is 5.43 Å². The van der Waals surface area contributed by atoms with Gasteiger partial charge in [0.2, 0.25) is 0 Å². The van der Waals surface area contributed by atoms with Gasteiger partial charge in [-0.25, -0.2) is 5.43 Å². The van der Waals surface area contributed by atoms with E-state index in [-0.39, 0.29) is 16.3 Å². The molecule has 0 aromatic heterocycles. The Balaban J connectivity index is 2.12. The number of amides is 1. The fourth-order valence-corrected chi connectivity index (χ4v) is 2.26. The van der Waals surface area contributed by atoms with E-state index in [0.29, 0.717) is 15.6 Å². The third kappa shape index (κ3) is 4.19. The molecule has 1 amide bonds. The van der Waals surface area contributed by atoms with Crippen LogP contribution in [0.4, 0.5) is 5.69 Å². The Kier molecular flexibility index (Phi) is 5.54. The molecule has 118 valence electrons. The van der Waals surface area contributed by atoms with E-state index in [1.165, 1.54) is 18.3 Å². The van der Waals surface area contributed by atoms with Gasteiger partial charge in [-0.2, -0.15) is 5.10 Å². The number of nitrogens with one attached hydrogen (secondary N) is 1. The number of halogens is 3. The number of rotatable bonds is 4. The second kappa shape index (κ2) is 7.41. The van der Waals surface area contributed by atoms with Crippen LogP contribution in [-0.2, 0) is 0 Å².